The molecule has 130 valence electrons. The Bertz CT molecular complexity index is 726. The maximum absolute atomic E-state index is 12.9. The highest BCUT2D eigenvalue weighted by molar-refractivity contribution is 7.92. The Morgan fingerprint density at radius 1 is 1.26 bits per heavy atom. The second-order valence-corrected chi connectivity index (χ2v) is 9.82. The molecule has 0 aliphatic carbocycles. The molecule has 0 spiro atoms. The van der Waals surface area contributed by atoms with Gasteiger partial charge in [0.1, 0.15) is 5.75 Å². The third kappa shape index (κ3) is 4.24. The van der Waals surface area contributed by atoms with Crippen molar-refractivity contribution in [3.63, 3.8) is 0 Å². The normalized spacial score (nSPS) is 20.7. The molecule has 0 radical (unpaired) electrons. The first-order valence-electron chi connectivity index (χ1n) is 7.66. The lowest BCUT2D eigenvalue weighted by Crippen LogP contribution is -2.41. The summed E-state index contributed by atoms with van der Waals surface area (Å²) in [6.45, 7) is 2.31. The Labute approximate surface area is 138 Å². The molecule has 6 nitrogen and oxygen atoms in total. The van der Waals surface area contributed by atoms with E-state index in [0.717, 1.165) is 6.42 Å². The van der Waals surface area contributed by atoms with Gasteiger partial charge in [0.05, 0.1) is 23.5 Å². The van der Waals surface area contributed by atoms with Crippen LogP contribution >= 0.6 is 0 Å². The number of methoxy groups -OCH3 is 1. The highest BCUT2D eigenvalue weighted by Gasteiger charge is 2.38. The number of hydrogen-bond donors (Lipinski definition) is 0. The molecule has 1 saturated heterocycles. The Balaban J connectivity index is 2.32. The number of ether oxygens (including phenoxy) is 1. The molecule has 0 bridgehead atoms. The van der Waals surface area contributed by atoms with E-state index < -0.39 is 25.9 Å². The van der Waals surface area contributed by atoms with Gasteiger partial charge in [0.25, 0.3) is 0 Å². The monoisotopic (exact) mass is 361 g/mol. The van der Waals surface area contributed by atoms with Crippen molar-refractivity contribution in [2.24, 2.45) is 0 Å². The van der Waals surface area contributed by atoms with Gasteiger partial charge in [0.15, 0.2) is 9.84 Å². The molecule has 8 heteroatoms. The molecule has 23 heavy (non-hydrogen) atoms. The molecule has 0 saturated carbocycles. The molecule has 0 aromatic heterocycles. The Hall–Kier alpha value is -1.12. The molecule has 1 aromatic carbocycles. The van der Waals surface area contributed by atoms with Crippen LogP contribution in [0.2, 0.25) is 0 Å². The van der Waals surface area contributed by atoms with E-state index in [2.05, 4.69) is 0 Å². The van der Waals surface area contributed by atoms with Crippen molar-refractivity contribution in [2.45, 2.75) is 37.1 Å². The molecular formula is C15H23NO5S2. The van der Waals surface area contributed by atoms with E-state index >= 15 is 0 Å². The van der Waals surface area contributed by atoms with Crippen molar-refractivity contribution in [3.8, 4) is 5.75 Å². The summed E-state index contributed by atoms with van der Waals surface area (Å²) in [5.74, 6) is 0.539. The molecule has 2 rings (SSSR count). The van der Waals surface area contributed by atoms with Gasteiger partial charge in [-0.2, -0.15) is 4.31 Å². The maximum Gasteiger partial charge on any atom is 0.243 e. The van der Waals surface area contributed by atoms with Gasteiger partial charge in [-0.25, -0.2) is 16.8 Å². The molecule has 1 aliphatic rings. The second-order valence-electron chi connectivity index (χ2n) is 5.70. The molecule has 0 N–H and O–H groups in total. The number of nitrogens with zero attached hydrogens (tertiary/aromatic N) is 1. The first kappa shape index (κ1) is 18.2. The topological polar surface area (TPSA) is 80.8 Å². The Morgan fingerprint density at radius 3 is 2.39 bits per heavy atom. The third-order valence-electron chi connectivity index (χ3n) is 4.01. The van der Waals surface area contributed by atoms with Gasteiger partial charge in [-0.05, 0) is 37.1 Å². The first-order chi connectivity index (χ1) is 10.8. The summed E-state index contributed by atoms with van der Waals surface area (Å²) in [5, 5.41) is 0. The SMILES string of the molecule is CCCCN([C@H]1CCS(=O)(=O)C1)S(=O)(=O)c1ccc(OC)cc1. The van der Waals surface area contributed by atoms with Gasteiger partial charge in [-0.1, -0.05) is 13.3 Å². The van der Waals surface area contributed by atoms with Crippen molar-refractivity contribution < 1.29 is 21.6 Å². The zero-order chi connectivity index (χ0) is 17.1. The molecule has 1 heterocycles. The average Bonchev–Trinajstić information content (AvgIpc) is 2.87. The van der Waals surface area contributed by atoms with E-state index in [4.69, 9.17) is 4.74 Å². The summed E-state index contributed by atoms with van der Waals surface area (Å²) in [4.78, 5) is 0.165. The summed E-state index contributed by atoms with van der Waals surface area (Å²) < 4.78 is 55.7. The fraction of sp³-hybridized carbons (Fsp3) is 0.600. The van der Waals surface area contributed by atoms with Gasteiger partial charge >= 0.3 is 0 Å². The van der Waals surface area contributed by atoms with Crippen LogP contribution in [0.4, 0.5) is 0 Å². The van der Waals surface area contributed by atoms with Crippen LogP contribution in [0, 0.1) is 0 Å². The van der Waals surface area contributed by atoms with Gasteiger partial charge in [-0.15, -0.1) is 0 Å². The van der Waals surface area contributed by atoms with E-state index in [-0.39, 0.29) is 16.4 Å². The minimum absolute atomic E-state index is 0.0540. The minimum Gasteiger partial charge on any atom is -0.497 e. The van der Waals surface area contributed by atoms with Gasteiger partial charge < -0.3 is 4.74 Å². The lowest BCUT2D eigenvalue weighted by Gasteiger charge is -2.27. The van der Waals surface area contributed by atoms with Gasteiger partial charge in [-0.3, -0.25) is 0 Å². The quantitative estimate of drug-likeness (QED) is 0.738. The van der Waals surface area contributed by atoms with Crippen LogP contribution in [0.1, 0.15) is 26.2 Å². The lowest BCUT2D eigenvalue weighted by molar-refractivity contribution is 0.335. The summed E-state index contributed by atoms with van der Waals surface area (Å²) in [6.07, 6.45) is 1.90. The number of benzene rings is 1. The highest BCUT2D eigenvalue weighted by atomic mass is 32.2. The molecule has 1 atom stereocenters. The van der Waals surface area contributed by atoms with Crippen molar-refractivity contribution in [1.29, 1.82) is 0 Å². The van der Waals surface area contributed by atoms with Crippen LogP contribution in [0.15, 0.2) is 29.2 Å². The van der Waals surface area contributed by atoms with Crippen molar-refractivity contribution >= 4 is 19.9 Å². The fourth-order valence-electron chi connectivity index (χ4n) is 2.70. The van der Waals surface area contributed by atoms with E-state index in [1.807, 2.05) is 6.92 Å². The summed E-state index contributed by atoms with van der Waals surface area (Å²) in [6, 6.07) is 5.71. The van der Waals surface area contributed by atoms with Crippen LogP contribution in [-0.2, 0) is 19.9 Å². The molecule has 1 aliphatic heterocycles. The average molecular weight is 361 g/mol. The standard InChI is InChI=1S/C15H23NO5S2/c1-3-4-10-16(13-9-11-22(17,18)12-13)23(19,20)15-7-5-14(21-2)6-8-15/h5-8,13H,3-4,9-12H2,1-2H3/t13-/m0/s1. The van der Waals surface area contributed by atoms with E-state index in [9.17, 15) is 16.8 Å². The predicted octanol–water partition coefficient (Wildman–Crippen LogP) is 1.67. The van der Waals surface area contributed by atoms with E-state index in [1.54, 1.807) is 12.1 Å². The van der Waals surface area contributed by atoms with Crippen LogP contribution in [0.25, 0.3) is 0 Å². The number of rotatable bonds is 7. The minimum atomic E-state index is -3.72. The van der Waals surface area contributed by atoms with Crippen molar-refractivity contribution in [2.75, 3.05) is 25.2 Å². The number of sulfonamides is 1. The van der Waals surface area contributed by atoms with Crippen molar-refractivity contribution in [3.05, 3.63) is 24.3 Å². The van der Waals surface area contributed by atoms with Crippen LogP contribution in [-0.4, -0.2) is 52.3 Å². The summed E-state index contributed by atoms with van der Waals surface area (Å²) >= 11 is 0. The van der Waals surface area contributed by atoms with Crippen LogP contribution < -0.4 is 4.74 Å². The van der Waals surface area contributed by atoms with Gasteiger partial charge in [0.2, 0.25) is 10.0 Å². The largest absolute Gasteiger partial charge is 0.497 e. The van der Waals surface area contributed by atoms with Crippen molar-refractivity contribution in [1.82, 2.24) is 4.31 Å². The van der Waals surface area contributed by atoms with Crippen LogP contribution in [0.3, 0.4) is 0 Å². The molecule has 1 aromatic rings. The summed E-state index contributed by atoms with van der Waals surface area (Å²) in [5.41, 5.74) is 0. The molecule has 0 amide bonds. The fourth-order valence-corrected chi connectivity index (χ4v) is 6.22. The summed E-state index contributed by atoms with van der Waals surface area (Å²) in [7, 11) is -5.35. The first-order valence-corrected chi connectivity index (χ1v) is 10.9. The number of sulfone groups is 1. The second kappa shape index (κ2) is 7.19. The van der Waals surface area contributed by atoms with E-state index in [0.29, 0.717) is 25.1 Å². The molecule has 0 unspecified atom stereocenters. The van der Waals surface area contributed by atoms with E-state index in [1.165, 1.54) is 23.5 Å². The maximum atomic E-state index is 12.9. The number of unbranched alkanes of at least 4 members (excludes halogenated alkanes) is 1. The molecular weight excluding hydrogens is 338 g/mol. The Morgan fingerprint density at radius 2 is 1.91 bits per heavy atom. The Kier molecular flexibility index (Phi) is 5.70. The predicted molar refractivity (Wildman–Crippen MR) is 88.9 cm³/mol. The lowest BCUT2D eigenvalue weighted by atomic mass is 10.2. The smallest absolute Gasteiger partial charge is 0.243 e. The zero-order valence-corrected chi connectivity index (χ0v) is 15.1. The zero-order valence-electron chi connectivity index (χ0n) is 13.4. The molecule has 1 fully saturated rings. The highest BCUT2D eigenvalue weighted by Crippen LogP contribution is 2.26. The third-order valence-corrected chi connectivity index (χ3v) is 7.73. The number of hydrogen-bond acceptors (Lipinski definition) is 5. The van der Waals surface area contributed by atoms with Crippen LogP contribution in [0.5, 0.6) is 5.75 Å². The van der Waals surface area contributed by atoms with Gasteiger partial charge in [0, 0.05) is 12.6 Å².